The van der Waals surface area contributed by atoms with Crippen LogP contribution in [0.25, 0.3) is 11.1 Å². The zero-order valence-corrected chi connectivity index (χ0v) is 13.8. The molecule has 2 heteroatoms. The lowest BCUT2D eigenvalue weighted by Gasteiger charge is -2.22. The number of fused-ring (bicyclic) bond motifs is 1. The number of benzene rings is 2. The Kier molecular flexibility index (Phi) is 4.19. The molecule has 3 rings (SSSR count). The lowest BCUT2D eigenvalue weighted by molar-refractivity contribution is 0.814. The molecule has 2 aromatic rings. The van der Waals surface area contributed by atoms with E-state index in [4.69, 9.17) is 11.6 Å². The maximum absolute atomic E-state index is 6.41. The summed E-state index contributed by atoms with van der Waals surface area (Å²) in [4.78, 5) is 0. The van der Waals surface area contributed by atoms with Crippen molar-refractivity contribution < 1.29 is 0 Å². The molecule has 0 saturated heterocycles. The second kappa shape index (κ2) is 6.12. The van der Waals surface area contributed by atoms with Gasteiger partial charge in [0.15, 0.2) is 0 Å². The molecule has 0 heterocycles. The Bertz CT molecular complexity index is 771. The number of allylic oxidation sites excluding steroid dienone is 3. The summed E-state index contributed by atoms with van der Waals surface area (Å²) in [6.45, 7) is 7.20. The highest BCUT2D eigenvalue weighted by molar-refractivity contribution is 6.31. The molecule has 0 aromatic heterocycles. The Hall–Kier alpha value is -1.83. The molecule has 0 radical (unpaired) electrons. The van der Waals surface area contributed by atoms with Crippen molar-refractivity contribution in [1.82, 2.24) is 5.32 Å². The molecule has 2 aromatic carbocycles. The molecule has 0 bridgehead atoms. The number of rotatable bonds is 3. The van der Waals surface area contributed by atoms with Gasteiger partial charge in [0.25, 0.3) is 0 Å². The maximum Gasteiger partial charge on any atom is 0.0447 e. The molecule has 0 amide bonds. The second-order valence-corrected chi connectivity index (χ2v) is 6.24. The Balaban J connectivity index is 2.08. The zero-order chi connectivity index (χ0) is 15.7. The molecule has 22 heavy (non-hydrogen) atoms. The summed E-state index contributed by atoms with van der Waals surface area (Å²) in [6.07, 6.45) is 3.05. The molecule has 0 aliphatic heterocycles. The SMILES string of the molecule is C=C1C=C(c2ccc(C)cc2CNC)Cc2c(Cl)cccc21. The lowest BCUT2D eigenvalue weighted by atomic mass is 9.84. The van der Waals surface area contributed by atoms with Gasteiger partial charge < -0.3 is 5.32 Å². The maximum atomic E-state index is 6.41. The number of nitrogens with one attached hydrogen (secondary N) is 1. The van der Waals surface area contributed by atoms with E-state index in [0.29, 0.717) is 0 Å². The third-order valence-corrected chi connectivity index (χ3v) is 4.51. The van der Waals surface area contributed by atoms with Gasteiger partial charge in [-0.15, -0.1) is 0 Å². The van der Waals surface area contributed by atoms with Crippen LogP contribution < -0.4 is 5.32 Å². The topological polar surface area (TPSA) is 12.0 Å². The first-order chi connectivity index (χ1) is 10.6. The van der Waals surface area contributed by atoms with Crippen molar-refractivity contribution in [2.24, 2.45) is 0 Å². The van der Waals surface area contributed by atoms with Crippen molar-refractivity contribution in [2.75, 3.05) is 7.05 Å². The third kappa shape index (κ3) is 2.75. The number of halogens is 1. The Labute approximate surface area is 137 Å². The quantitative estimate of drug-likeness (QED) is 0.839. The summed E-state index contributed by atoms with van der Waals surface area (Å²) in [5.74, 6) is 0. The largest absolute Gasteiger partial charge is 0.316 e. The van der Waals surface area contributed by atoms with E-state index in [9.17, 15) is 0 Å². The number of hydrogen-bond donors (Lipinski definition) is 1. The molecule has 0 unspecified atom stereocenters. The molecule has 112 valence electrons. The minimum absolute atomic E-state index is 0.825. The molecule has 1 N–H and O–H groups in total. The van der Waals surface area contributed by atoms with Crippen molar-refractivity contribution in [3.8, 4) is 0 Å². The predicted molar refractivity (Wildman–Crippen MR) is 96.1 cm³/mol. The highest BCUT2D eigenvalue weighted by Crippen LogP contribution is 2.37. The second-order valence-electron chi connectivity index (χ2n) is 5.83. The normalized spacial score (nSPS) is 13.8. The predicted octanol–water partition coefficient (Wildman–Crippen LogP) is 5.02. The van der Waals surface area contributed by atoms with Crippen LogP contribution in [0.4, 0.5) is 0 Å². The Morgan fingerprint density at radius 1 is 1.18 bits per heavy atom. The van der Waals surface area contributed by atoms with Gasteiger partial charge in [-0.25, -0.2) is 0 Å². The monoisotopic (exact) mass is 309 g/mol. The summed E-state index contributed by atoms with van der Waals surface area (Å²) >= 11 is 6.41. The minimum atomic E-state index is 0.825. The van der Waals surface area contributed by atoms with Crippen LogP contribution in [0.15, 0.2) is 49.1 Å². The summed E-state index contributed by atoms with van der Waals surface area (Å²) < 4.78 is 0. The van der Waals surface area contributed by atoms with Gasteiger partial charge >= 0.3 is 0 Å². The van der Waals surface area contributed by atoms with Gasteiger partial charge in [-0.3, -0.25) is 0 Å². The highest BCUT2D eigenvalue weighted by atomic mass is 35.5. The van der Waals surface area contributed by atoms with E-state index in [1.807, 2.05) is 19.2 Å². The van der Waals surface area contributed by atoms with Crippen LogP contribution in [0.3, 0.4) is 0 Å². The van der Waals surface area contributed by atoms with E-state index in [1.165, 1.54) is 33.4 Å². The summed E-state index contributed by atoms with van der Waals surface area (Å²) in [6, 6.07) is 12.7. The molecule has 1 nitrogen and oxygen atoms in total. The van der Waals surface area contributed by atoms with Crippen molar-refractivity contribution in [3.05, 3.63) is 81.9 Å². The van der Waals surface area contributed by atoms with Crippen molar-refractivity contribution in [1.29, 1.82) is 0 Å². The molecular formula is C20H20ClN. The van der Waals surface area contributed by atoms with Crippen molar-refractivity contribution in [2.45, 2.75) is 19.9 Å². The van der Waals surface area contributed by atoms with Gasteiger partial charge in [0.2, 0.25) is 0 Å². The smallest absolute Gasteiger partial charge is 0.0447 e. The third-order valence-electron chi connectivity index (χ3n) is 4.15. The van der Waals surface area contributed by atoms with Gasteiger partial charge in [-0.2, -0.15) is 0 Å². The van der Waals surface area contributed by atoms with Crippen LogP contribution >= 0.6 is 11.6 Å². The number of hydrogen-bond acceptors (Lipinski definition) is 1. The average Bonchev–Trinajstić information content (AvgIpc) is 2.49. The molecule has 0 spiro atoms. The lowest BCUT2D eigenvalue weighted by Crippen LogP contribution is -2.10. The Morgan fingerprint density at radius 2 is 2.00 bits per heavy atom. The van der Waals surface area contributed by atoms with Crippen LogP contribution in [0.2, 0.25) is 5.02 Å². The first-order valence-corrected chi connectivity index (χ1v) is 7.89. The van der Waals surface area contributed by atoms with E-state index in [-0.39, 0.29) is 0 Å². The Morgan fingerprint density at radius 3 is 2.77 bits per heavy atom. The van der Waals surface area contributed by atoms with E-state index in [1.54, 1.807) is 0 Å². The fourth-order valence-corrected chi connectivity index (χ4v) is 3.36. The van der Waals surface area contributed by atoms with Crippen LogP contribution in [-0.2, 0) is 13.0 Å². The molecule has 1 aliphatic carbocycles. The van der Waals surface area contributed by atoms with Gasteiger partial charge in [-0.05, 0) is 53.4 Å². The first-order valence-electron chi connectivity index (χ1n) is 7.52. The van der Waals surface area contributed by atoms with Gasteiger partial charge in [0.1, 0.15) is 0 Å². The minimum Gasteiger partial charge on any atom is -0.316 e. The average molecular weight is 310 g/mol. The standard InChI is InChI=1S/C20H20ClN/c1-13-7-8-18(16(9-13)12-22-3)15-10-14(2)17-5-4-6-20(21)19(17)11-15/h4-10,22H,2,11-12H2,1,3H3. The first kappa shape index (κ1) is 15.1. The number of aryl methyl sites for hydroxylation is 1. The molecule has 0 atom stereocenters. The highest BCUT2D eigenvalue weighted by Gasteiger charge is 2.19. The summed E-state index contributed by atoms with van der Waals surface area (Å²) in [7, 11) is 1.98. The summed E-state index contributed by atoms with van der Waals surface area (Å²) in [5, 5.41) is 4.08. The molecular weight excluding hydrogens is 290 g/mol. The van der Waals surface area contributed by atoms with Crippen LogP contribution in [0.1, 0.15) is 27.8 Å². The van der Waals surface area contributed by atoms with Crippen molar-refractivity contribution >= 4 is 22.7 Å². The molecule has 0 saturated carbocycles. The summed E-state index contributed by atoms with van der Waals surface area (Å²) in [5.41, 5.74) is 8.55. The van der Waals surface area contributed by atoms with Gasteiger partial charge in [-0.1, -0.05) is 60.2 Å². The van der Waals surface area contributed by atoms with E-state index in [2.05, 4.69) is 49.2 Å². The fourth-order valence-electron chi connectivity index (χ4n) is 3.11. The van der Waals surface area contributed by atoms with E-state index >= 15 is 0 Å². The fraction of sp³-hybridized carbons (Fsp3) is 0.200. The molecule has 1 aliphatic rings. The van der Waals surface area contributed by atoms with Crippen LogP contribution in [-0.4, -0.2) is 7.05 Å². The van der Waals surface area contributed by atoms with E-state index in [0.717, 1.165) is 23.6 Å². The van der Waals surface area contributed by atoms with Gasteiger partial charge in [0, 0.05) is 18.0 Å². The van der Waals surface area contributed by atoms with E-state index < -0.39 is 0 Å². The van der Waals surface area contributed by atoms with Crippen LogP contribution in [0.5, 0.6) is 0 Å². The van der Waals surface area contributed by atoms with Gasteiger partial charge in [0.05, 0.1) is 0 Å². The molecule has 0 fully saturated rings. The van der Waals surface area contributed by atoms with Crippen molar-refractivity contribution in [3.63, 3.8) is 0 Å². The van der Waals surface area contributed by atoms with Crippen LogP contribution in [0, 0.1) is 6.92 Å². The zero-order valence-electron chi connectivity index (χ0n) is 13.0.